The molecular formula is C15H13BrCl2O. The van der Waals surface area contributed by atoms with Gasteiger partial charge in [-0.2, -0.15) is 0 Å². The minimum atomic E-state index is 0.232. The van der Waals surface area contributed by atoms with Gasteiger partial charge in [0.1, 0.15) is 5.75 Å². The fourth-order valence-electron chi connectivity index (χ4n) is 1.80. The topological polar surface area (TPSA) is 9.23 Å². The third-order valence-corrected chi connectivity index (χ3v) is 4.47. The Balaban J connectivity index is 2.10. The van der Waals surface area contributed by atoms with Gasteiger partial charge in [0.2, 0.25) is 0 Å². The molecule has 0 spiro atoms. The maximum absolute atomic E-state index is 6.02. The van der Waals surface area contributed by atoms with Gasteiger partial charge in [-0.05, 0) is 41.8 Å². The van der Waals surface area contributed by atoms with Gasteiger partial charge in [0.25, 0.3) is 0 Å². The normalized spacial score (nSPS) is 12.2. The second-order valence-corrected chi connectivity index (χ2v) is 6.11. The second kappa shape index (κ2) is 6.65. The molecular weight excluding hydrogens is 347 g/mol. The number of methoxy groups -OCH3 is 1. The minimum Gasteiger partial charge on any atom is -0.497 e. The van der Waals surface area contributed by atoms with E-state index in [4.69, 9.17) is 27.9 Å². The lowest BCUT2D eigenvalue weighted by molar-refractivity contribution is 0.414. The summed E-state index contributed by atoms with van der Waals surface area (Å²) in [7, 11) is 1.66. The quantitative estimate of drug-likeness (QED) is 0.638. The number of hydrogen-bond donors (Lipinski definition) is 0. The first-order valence-corrected chi connectivity index (χ1v) is 7.49. The molecule has 0 aliphatic carbocycles. The molecule has 100 valence electrons. The van der Waals surface area contributed by atoms with Gasteiger partial charge in [0.05, 0.1) is 17.2 Å². The van der Waals surface area contributed by atoms with Crippen LogP contribution in [-0.2, 0) is 6.42 Å². The molecule has 0 fully saturated rings. The van der Waals surface area contributed by atoms with Gasteiger partial charge in [-0.1, -0.05) is 57.3 Å². The molecule has 0 saturated heterocycles. The molecule has 0 aromatic heterocycles. The van der Waals surface area contributed by atoms with Gasteiger partial charge >= 0.3 is 0 Å². The fraction of sp³-hybridized carbons (Fsp3) is 0.200. The van der Waals surface area contributed by atoms with E-state index in [1.165, 1.54) is 5.56 Å². The zero-order chi connectivity index (χ0) is 13.8. The van der Waals surface area contributed by atoms with Crippen LogP contribution < -0.4 is 4.74 Å². The average Bonchev–Trinajstić information content (AvgIpc) is 2.43. The first-order chi connectivity index (χ1) is 9.10. The molecule has 0 amide bonds. The molecule has 0 aliphatic rings. The van der Waals surface area contributed by atoms with E-state index >= 15 is 0 Å². The van der Waals surface area contributed by atoms with E-state index in [-0.39, 0.29) is 4.83 Å². The SMILES string of the molecule is COc1ccc(C(Br)Cc2ccc(Cl)c(Cl)c2)cc1. The standard InChI is InChI=1S/C15H13BrCl2O/c1-19-12-5-3-11(4-6-12)13(16)8-10-2-7-14(17)15(18)9-10/h2-7,9,13H,8H2,1H3. The van der Waals surface area contributed by atoms with Crippen molar-refractivity contribution in [2.45, 2.75) is 11.2 Å². The van der Waals surface area contributed by atoms with Crippen LogP contribution in [0, 0.1) is 0 Å². The largest absolute Gasteiger partial charge is 0.497 e. The Kier molecular flexibility index (Phi) is 5.14. The van der Waals surface area contributed by atoms with E-state index in [0.717, 1.165) is 17.7 Å². The maximum atomic E-state index is 6.02. The molecule has 0 N–H and O–H groups in total. The number of benzene rings is 2. The van der Waals surface area contributed by atoms with Crippen LogP contribution >= 0.6 is 39.1 Å². The van der Waals surface area contributed by atoms with Crippen LogP contribution in [0.4, 0.5) is 0 Å². The van der Waals surface area contributed by atoms with Gasteiger partial charge in [-0.3, -0.25) is 0 Å². The van der Waals surface area contributed by atoms with Crippen molar-refractivity contribution >= 4 is 39.1 Å². The van der Waals surface area contributed by atoms with E-state index in [0.29, 0.717) is 10.0 Å². The molecule has 1 nitrogen and oxygen atoms in total. The smallest absolute Gasteiger partial charge is 0.118 e. The van der Waals surface area contributed by atoms with Crippen molar-refractivity contribution in [2.24, 2.45) is 0 Å². The average molecular weight is 360 g/mol. The summed E-state index contributed by atoms with van der Waals surface area (Å²) in [5.74, 6) is 0.859. The van der Waals surface area contributed by atoms with Crippen molar-refractivity contribution in [3.05, 3.63) is 63.6 Å². The Labute approximate surface area is 131 Å². The molecule has 1 atom stereocenters. The molecule has 0 bridgehead atoms. The lowest BCUT2D eigenvalue weighted by Gasteiger charge is -2.11. The Morgan fingerprint density at radius 1 is 1.05 bits per heavy atom. The van der Waals surface area contributed by atoms with Crippen LogP contribution in [-0.4, -0.2) is 7.11 Å². The maximum Gasteiger partial charge on any atom is 0.118 e. The van der Waals surface area contributed by atoms with Gasteiger partial charge in [-0.25, -0.2) is 0 Å². The molecule has 0 heterocycles. The highest BCUT2D eigenvalue weighted by Gasteiger charge is 2.10. The third-order valence-electron chi connectivity index (χ3n) is 2.88. The highest BCUT2D eigenvalue weighted by molar-refractivity contribution is 9.09. The highest BCUT2D eigenvalue weighted by Crippen LogP contribution is 2.30. The molecule has 2 rings (SSSR count). The molecule has 19 heavy (non-hydrogen) atoms. The zero-order valence-corrected chi connectivity index (χ0v) is 13.5. The molecule has 4 heteroatoms. The molecule has 0 radical (unpaired) electrons. The van der Waals surface area contributed by atoms with Crippen LogP contribution in [0.15, 0.2) is 42.5 Å². The van der Waals surface area contributed by atoms with Crippen LogP contribution in [0.25, 0.3) is 0 Å². The third kappa shape index (κ3) is 3.88. The van der Waals surface area contributed by atoms with Gasteiger partial charge in [-0.15, -0.1) is 0 Å². The summed E-state index contributed by atoms with van der Waals surface area (Å²) in [5, 5.41) is 1.18. The highest BCUT2D eigenvalue weighted by atomic mass is 79.9. The van der Waals surface area contributed by atoms with E-state index in [9.17, 15) is 0 Å². The predicted octanol–water partition coefficient (Wildman–Crippen LogP) is 5.68. The fourth-order valence-corrected chi connectivity index (χ4v) is 2.80. The predicted molar refractivity (Wildman–Crippen MR) is 84.8 cm³/mol. The van der Waals surface area contributed by atoms with Crippen molar-refractivity contribution in [1.82, 2.24) is 0 Å². The van der Waals surface area contributed by atoms with Gasteiger partial charge < -0.3 is 4.74 Å². The summed E-state index contributed by atoms with van der Waals surface area (Å²) in [5.41, 5.74) is 2.35. The lowest BCUT2D eigenvalue weighted by atomic mass is 10.0. The van der Waals surface area contributed by atoms with E-state index < -0.39 is 0 Å². The molecule has 2 aromatic carbocycles. The number of alkyl halides is 1. The summed E-state index contributed by atoms with van der Waals surface area (Å²) in [6, 6.07) is 13.7. The number of ether oxygens (including phenoxy) is 1. The van der Waals surface area contributed by atoms with Crippen molar-refractivity contribution in [3.63, 3.8) is 0 Å². The summed E-state index contributed by atoms with van der Waals surface area (Å²) >= 11 is 15.6. The Bertz CT molecular complexity index is 555. The number of rotatable bonds is 4. The van der Waals surface area contributed by atoms with Crippen LogP contribution in [0.1, 0.15) is 16.0 Å². The van der Waals surface area contributed by atoms with E-state index in [1.54, 1.807) is 7.11 Å². The first kappa shape index (κ1) is 14.7. The molecule has 0 aliphatic heterocycles. The van der Waals surface area contributed by atoms with E-state index in [2.05, 4.69) is 28.1 Å². The Morgan fingerprint density at radius 3 is 2.32 bits per heavy atom. The van der Waals surface area contributed by atoms with Crippen LogP contribution in [0.3, 0.4) is 0 Å². The molecule has 1 unspecified atom stereocenters. The monoisotopic (exact) mass is 358 g/mol. The number of hydrogen-bond acceptors (Lipinski definition) is 1. The number of halogens is 3. The Morgan fingerprint density at radius 2 is 1.74 bits per heavy atom. The lowest BCUT2D eigenvalue weighted by Crippen LogP contribution is -1.95. The summed E-state index contributed by atoms with van der Waals surface area (Å²) in [6.07, 6.45) is 0.850. The van der Waals surface area contributed by atoms with Gasteiger partial charge in [0.15, 0.2) is 0 Å². The Hall–Kier alpha value is -0.700. The summed E-state index contributed by atoms with van der Waals surface area (Å²) in [4.78, 5) is 0.232. The first-order valence-electron chi connectivity index (χ1n) is 5.82. The summed E-state index contributed by atoms with van der Waals surface area (Å²) < 4.78 is 5.15. The molecule has 2 aromatic rings. The van der Waals surface area contributed by atoms with Crippen molar-refractivity contribution in [3.8, 4) is 5.75 Å². The van der Waals surface area contributed by atoms with Crippen molar-refractivity contribution < 1.29 is 4.74 Å². The van der Waals surface area contributed by atoms with Crippen molar-refractivity contribution in [2.75, 3.05) is 7.11 Å². The second-order valence-electron chi connectivity index (χ2n) is 4.19. The van der Waals surface area contributed by atoms with Crippen LogP contribution in [0.2, 0.25) is 10.0 Å². The molecule has 0 saturated carbocycles. The van der Waals surface area contributed by atoms with Crippen molar-refractivity contribution in [1.29, 1.82) is 0 Å². The minimum absolute atomic E-state index is 0.232. The van der Waals surface area contributed by atoms with Gasteiger partial charge in [0, 0.05) is 4.83 Å². The zero-order valence-electron chi connectivity index (χ0n) is 10.4. The van der Waals surface area contributed by atoms with Crippen LogP contribution in [0.5, 0.6) is 5.75 Å². The summed E-state index contributed by atoms with van der Waals surface area (Å²) in [6.45, 7) is 0. The van der Waals surface area contributed by atoms with E-state index in [1.807, 2.05) is 30.3 Å².